The number of urea groups is 1. The summed E-state index contributed by atoms with van der Waals surface area (Å²) in [6.07, 6.45) is 4.92. The predicted molar refractivity (Wildman–Crippen MR) is 64.3 cm³/mol. The summed E-state index contributed by atoms with van der Waals surface area (Å²) in [6, 6.07) is -1.14. The molecule has 0 aromatic heterocycles. The van der Waals surface area contributed by atoms with Gasteiger partial charge in [0.1, 0.15) is 6.04 Å². The minimum atomic E-state index is -0.952. The summed E-state index contributed by atoms with van der Waals surface area (Å²) in [6.45, 7) is 1.33. The molecule has 0 bridgehead atoms. The van der Waals surface area contributed by atoms with Gasteiger partial charge in [0.15, 0.2) is 0 Å². The fourth-order valence-electron chi connectivity index (χ4n) is 2.22. The first-order valence-corrected chi connectivity index (χ1v) is 6.55. The molecule has 2 amide bonds. The van der Waals surface area contributed by atoms with Crippen LogP contribution >= 0.6 is 0 Å². The van der Waals surface area contributed by atoms with Crippen LogP contribution in [0.1, 0.15) is 32.1 Å². The van der Waals surface area contributed by atoms with Crippen LogP contribution in [0.3, 0.4) is 0 Å². The smallest absolute Gasteiger partial charge is 0.326 e. The SMILES string of the molecule is O=C(NCCC1CCCO1)NC(C(=O)O)C1CC1. The highest BCUT2D eigenvalue weighted by Gasteiger charge is 2.37. The quantitative estimate of drug-likeness (QED) is 0.653. The summed E-state index contributed by atoms with van der Waals surface area (Å²) in [5.41, 5.74) is 0. The van der Waals surface area contributed by atoms with E-state index in [4.69, 9.17) is 9.84 Å². The third-order valence-corrected chi connectivity index (χ3v) is 3.42. The third-order valence-electron chi connectivity index (χ3n) is 3.42. The number of aliphatic carboxylic acids is 1. The molecule has 18 heavy (non-hydrogen) atoms. The molecule has 1 heterocycles. The van der Waals surface area contributed by atoms with E-state index in [0.717, 1.165) is 38.7 Å². The van der Waals surface area contributed by atoms with E-state index < -0.39 is 18.0 Å². The zero-order valence-corrected chi connectivity index (χ0v) is 10.4. The molecule has 1 aliphatic heterocycles. The minimum absolute atomic E-state index is 0.103. The summed E-state index contributed by atoms with van der Waals surface area (Å²) in [5, 5.41) is 14.2. The number of rotatable bonds is 6. The largest absolute Gasteiger partial charge is 0.480 e. The molecule has 1 aliphatic carbocycles. The number of nitrogens with one attached hydrogen (secondary N) is 2. The maximum atomic E-state index is 11.5. The van der Waals surface area contributed by atoms with E-state index >= 15 is 0 Å². The van der Waals surface area contributed by atoms with Gasteiger partial charge in [-0.25, -0.2) is 9.59 Å². The molecule has 2 unspecified atom stereocenters. The molecule has 102 valence electrons. The average Bonchev–Trinajstić information content (AvgIpc) is 3.03. The van der Waals surface area contributed by atoms with Gasteiger partial charge in [0, 0.05) is 13.2 Å². The second kappa shape index (κ2) is 6.04. The molecular formula is C12H20N2O4. The van der Waals surface area contributed by atoms with Gasteiger partial charge in [-0.3, -0.25) is 0 Å². The second-order valence-corrected chi connectivity index (χ2v) is 4.98. The molecule has 3 N–H and O–H groups in total. The number of amides is 2. The molecule has 0 aromatic rings. The van der Waals surface area contributed by atoms with E-state index in [1.165, 1.54) is 0 Å². The van der Waals surface area contributed by atoms with Gasteiger partial charge in [0.05, 0.1) is 6.10 Å². The van der Waals surface area contributed by atoms with Crippen molar-refractivity contribution in [2.75, 3.05) is 13.2 Å². The number of carbonyl (C=O) groups is 2. The highest BCUT2D eigenvalue weighted by atomic mass is 16.5. The maximum Gasteiger partial charge on any atom is 0.326 e. The molecule has 2 fully saturated rings. The van der Waals surface area contributed by atoms with Gasteiger partial charge in [-0.05, 0) is 38.0 Å². The van der Waals surface area contributed by atoms with Crippen LogP contribution in [0.5, 0.6) is 0 Å². The molecule has 2 rings (SSSR count). The van der Waals surface area contributed by atoms with Crippen LogP contribution < -0.4 is 10.6 Å². The number of carboxylic acid groups (broad SMARTS) is 1. The van der Waals surface area contributed by atoms with Crippen molar-refractivity contribution in [1.29, 1.82) is 0 Å². The Morgan fingerprint density at radius 2 is 2.11 bits per heavy atom. The van der Waals surface area contributed by atoms with Gasteiger partial charge in [0.25, 0.3) is 0 Å². The Bertz CT molecular complexity index is 311. The summed E-state index contributed by atoms with van der Waals surface area (Å²) in [7, 11) is 0. The molecule has 0 radical (unpaired) electrons. The number of hydrogen-bond acceptors (Lipinski definition) is 3. The van der Waals surface area contributed by atoms with Crippen LogP contribution in [0.4, 0.5) is 4.79 Å². The summed E-state index contributed by atoms with van der Waals surface area (Å²) < 4.78 is 5.44. The van der Waals surface area contributed by atoms with Crippen LogP contribution in [-0.2, 0) is 9.53 Å². The lowest BCUT2D eigenvalue weighted by Gasteiger charge is -2.15. The molecule has 6 nitrogen and oxygen atoms in total. The lowest BCUT2D eigenvalue weighted by molar-refractivity contribution is -0.139. The third kappa shape index (κ3) is 3.87. The van der Waals surface area contributed by atoms with Crippen LogP contribution in [0, 0.1) is 5.92 Å². The number of ether oxygens (including phenoxy) is 1. The topological polar surface area (TPSA) is 87.7 Å². The van der Waals surface area contributed by atoms with E-state index in [9.17, 15) is 9.59 Å². The van der Waals surface area contributed by atoms with Gasteiger partial charge >= 0.3 is 12.0 Å². The van der Waals surface area contributed by atoms with E-state index in [0.29, 0.717) is 6.54 Å². The lowest BCUT2D eigenvalue weighted by Crippen LogP contribution is -2.47. The molecule has 2 aliphatic rings. The molecular weight excluding hydrogens is 236 g/mol. The summed E-state index contributed by atoms with van der Waals surface area (Å²) in [5.74, 6) is -0.849. The fraction of sp³-hybridized carbons (Fsp3) is 0.833. The number of carboxylic acids is 1. The van der Waals surface area contributed by atoms with Gasteiger partial charge in [-0.15, -0.1) is 0 Å². The van der Waals surface area contributed by atoms with E-state index in [2.05, 4.69) is 10.6 Å². The predicted octanol–water partition coefficient (Wildman–Crippen LogP) is 0.718. The van der Waals surface area contributed by atoms with Gasteiger partial charge in [0.2, 0.25) is 0 Å². The normalized spacial score (nSPS) is 24.6. The molecule has 6 heteroatoms. The maximum absolute atomic E-state index is 11.5. The Hall–Kier alpha value is -1.30. The first kappa shape index (κ1) is 13.1. The lowest BCUT2D eigenvalue weighted by atomic mass is 10.2. The van der Waals surface area contributed by atoms with Crippen molar-refractivity contribution in [1.82, 2.24) is 10.6 Å². The Labute approximate surface area is 106 Å². The van der Waals surface area contributed by atoms with E-state index in [-0.39, 0.29) is 12.0 Å². The summed E-state index contributed by atoms with van der Waals surface area (Å²) in [4.78, 5) is 22.5. The van der Waals surface area contributed by atoms with Crippen molar-refractivity contribution >= 4 is 12.0 Å². The van der Waals surface area contributed by atoms with E-state index in [1.807, 2.05) is 0 Å². The number of hydrogen-bond donors (Lipinski definition) is 3. The standard InChI is InChI=1S/C12H20N2O4/c15-11(16)10(8-3-4-8)14-12(17)13-6-5-9-2-1-7-18-9/h8-10H,1-7H2,(H,15,16)(H2,13,14,17). The van der Waals surface area contributed by atoms with Gasteiger partial charge in [-0.2, -0.15) is 0 Å². The van der Waals surface area contributed by atoms with Crippen LogP contribution in [0.15, 0.2) is 0 Å². The van der Waals surface area contributed by atoms with Crippen molar-refractivity contribution in [2.45, 2.75) is 44.2 Å². The Morgan fingerprint density at radius 1 is 1.33 bits per heavy atom. The number of carbonyl (C=O) groups excluding carboxylic acids is 1. The van der Waals surface area contributed by atoms with Crippen molar-refractivity contribution < 1.29 is 19.4 Å². The first-order valence-electron chi connectivity index (χ1n) is 6.55. The van der Waals surface area contributed by atoms with Gasteiger partial charge < -0.3 is 20.5 Å². The van der Waals surface area contributed by atoms with Crippen LogP contribution in [-0.4, -0.2) is 42.4 Å². The first-order chi connectivity index (χ1) is 8.66. The fourth-order valence-corrected chi connectivity index (χ4v) is 2.22. The average molecular weight is 256 g/mol. The molecule has 1 saturated carbocycles. The monoisotopic (exact) mass is 256 g/mol. The zero-order chi connectivity index (χ0) is 13.0. The van der Waals surface area contributed by atoms with Crippen molar-refractivity contribution in [3.63, 3.8) is 0 Å². The van der Waals surface area contributed by atoms with Crippen LogP contribution in [0.2, 0.25) is 0 Å². The highest BCUT2D eigenvalue weighted by Crippen LogP contribution is 2.32. The van der Waals surface area contributed by atoms with Crippen molar-refractivity contribution in [3.8, 4) is 0 Å². The Morgan fingerprint density at radius 3 is 2.67 bits per heavy atom. The molecule has 2 atom stereocenters. The minimum Gasteiger partial charge on any atom is -0.480 e. The summed E-state index contributed by atoms with van der Waals surface area (Å²) >= 11 is 0. The molecule has 0 aromatic carbocycles. The van der Waals surface area contributed by atoms with Gasteiger partial charge in [-0.1, -0.05) is 0 Å². The zero-order valence-electron chi connectivity index (χ0n) is 10.4. The Kier molecular flexibility index (Phi) is 4.41. The highest BCUT2D eigenvalue weighted by molar-refractivity contribution is 5.83. The molecule has 1 saturated heterocycles. The van der Waals surface area contributed by atoms with E-state index in [1.54, 1.807) is 0 Å². The Balaban J connectivity index is 1.62. The van der Waals surface area contributed by atoms with Crippen molar-refractivity contribution in [2.24, 2.45) is 5.92 Å². The second-order valence-electron chi connectivity index (χ2n) is 4.98. The molecule has 0 spiro atoms. The van der Waals surface area contributed by atoms with Crippen molar-refractivity contribution in [3.05, 3.63) is 0 Å². The van der Waals surface area contributed by atoms with Crippen LogP contribution in [0.25, 0.3) is 0 Å².